The molecule has 0 aromatic carbocycles. The van der Waals surface area contributed by atoms with Gasteiger partial charge in [-0.05, 0) is 25.0 Å². The Bertz CT molecular complexity index is 556. The zero-order valence-electron chi connectivity index (χ0n) is 15.6. The van der Waals surface area contributed by atoms with Crippen molar-refractivity contribution in [3.8, 4) is 0 Å². The Labute approximate surface area is 161 Å². The van der Waals surface area contributed by atoms with Crippen LogP contribution in [0, 0.1) is 5.92 Å². The molecule has 1 aromatic rings. The van der Waals surface area contributed by atoms with Crippen LogP contribution in [0.3, 0.4) is 0 Å². The molecule has 0 bridgehead atoms. The van der Waals surface area contributed by atoms with Gasteiger partial charge < -0.3 is 24.7 Å². The molecular weight excluding hydrogens is 358 g/mol. The molecule has 0 spiro atoms. The fourth-order valence-electron chi connectivity index (χ4n) is 2.90. The second-order valence-electron chi connectivity index (χ2n) is 6.22. The Morgan fingerprint density at radius 3 is 2.58 bits per heavy atom. The predicted octanol–water partition coefficient (Wildman–Crippen LogP) is 1.47. The van der Waals surface area contributed by atoms with Crippen LogP contribution in [-0.4, -0.2) is 63.2 Å². The number of methoxy groups -OCH3 is 1. The van der Waals surface area contributed by atoms with Gasteiger partial charge in [-0.3, -0.25) is 9.59 Å². The first-order valence-corrected chi connectivity index (χ1v) is 9.01. The molecule has 0 atom stereocenters. The summed E-state index contributed by atoms with van der Waals surface area (Å²) in [6, 6.07) is 3.57. The SMILES string of the molecule is CCc1ccc(C(=O)N2CCC(C(=O)NCCNCCOC)CC2)o1.Cl. The molecule has 2 rings (SSSR count). The summed E-state index contributed by atoms with van der Waals surface area (Å²) >= 11 is 0. The van der Waals surface area contributed by atoms with Crippen molar-refractivity contribution in [1.82, 2.24) is 15.5 Å². The van der Waals surface area contributed by atoms with E-state index in [1.54, 1.807) is 18.1 Å². The molecule has 1 saturated heterocycles. The summed E-state index contributed by atoms with van der Waals surface area (Å²) in [5.41, 5.74) is 0. The van der Waals surface area contributed by atoms with E-state index in [9.17, 15) is 9.59 Å². The van der Waals surface area contributed by atoms with Crippen LogP contribution in [0.1, 0.15) is 36.1 Å². The molecular formula is C18H30ClN3O4. The number of nitrogens with one attached hydrogen (secondary N) is 2. The molecule has 1 fully saturated rings. The first-order valence-electron chi connectivity index (χ1n) is 9.01. The maximum absolute atomic E-state index is 12.4. The third-order valence-corrected chi connectivity index (χ3v) is 4.46. The summed E-state index contributed by atoms with van der Waals surface area (Å²) in [6.07, 6.45) is 2.15. The van der Waals surface area contributed by atoms with Gasteiger partial charge in [-0.2, -0.15) is 0 Å². The zero-order chi connectivity index (χ0) is 18.1. The lowest BCUT2D eigenvalue weighted by molar-refractivity contribution is -0.126. The van der Waals surface area contributed by atoms with Crippen molar-refractivity contribution >= 4 is 24.2 Å². The molecule has 2 amide bonds. The van der Waals surface area contributed by atoms with E-state index in [1.165, 1.54) is 0 Å². The third kappa shape index (κ3) is 6.63. The molecule has 7 nitrogen and oxygen atoms in total. The molecule has 26 heavy (non-hydrogen) atoms. The van der Waals surface area contributed by atoms with E-state index in [0.29, 0.717) is 44.8 Å². The quantitative estimate of drug-likeness (QED) is 0.627. The van der Waals surface area contributed by atoms with Crippen LogP contribution >= 0.6 is 12.4 Å². The Kier molecular flexibility index (Phi) is 10.3. The molecule has 2 N–H and O–H groups in total. The highest BCUT2D eigenvalue weighted by molar-refractivity contribution is 5.91. The molecule has 8 heteroatoms. The normalized spacial score (nSPS) is 14.8. The number of amides is 2. The van der Waals surface area contributed by atoms with Crippen molar-refractivity contribution in [2.45, 2.75) is 26.2 Å². The zero-order valence-corrected chi connectivity index (χ0v) is 16.4. The van der Waals surface area contributed by atoms with E-state index < -0.39 is 0 Å². The van der Waals surface area contributed by atoms with Gasteiger partial charge in [-0.1, -0.05) is 6.92 Å². The fourth-order valence-corrected chi connectivity index (χ4v) is 2.90. The average Bonchev–Trinajstić information content (AvgIpc) is 3.13. The van der Waals surface area contributed by atoms with Gasteiger partial charge in [0.05, 0.1) is 6.61 Å². The number of carbonyl (C=O) groups is 2. The third-order valence-electron chi connectivity index (χ3n) is 4.46. The van der Waals surface area contributed by atoms with Crippen LogP contribution in [0.15, 0.2) is 16.5 Å². The summed E-state index contributed by atoms with van der Waals surface area (Å²) in [4.78, 5) is 26.4. The van der Waals surface area contributed by atoms with E-state index in [0.717, 1.165) is 25.3 Å². The maximum atomic E-state index is 12.4. The molecule has 0 unspecified atom stereocenters. The van der Waals surface area contributed by atoms with Crippen molar-refractivity contribution in [3.63, 3.8) is 0 Å². The second-order valence-corrected chi connectivity index (χ2v) is 6.22. The van der Waals surface area contributed by atoms with Gasteiger partial charge in [-0.25, -0.2) is 0 Å². The Morgan fingerprint density at radius 1 is 1.23 bits per heavy atom. The molecule has 2 heterocycles. The highest BCUT2D eigenvalue weighted by atomic mass is 35.5. The van der Waals surface area contributed by atoms with Gasteiger partial charge in [0.2, 0.25) is 5.91 Å². The minimum absolute atomic E-state index is 0. The number of likely N-dealkylation sites (tertiary alicyclic amines) is 1. The Morgan fingerprint density at radius 2 is 1.96 bits per heavy atom. The fraction of sp³-hybridized carbons (Fsp3) is 0.667. The molecule has 0 radical (unpaired) electrons. The number of furan rings is 1. The summed E-state index contributed by atoms with van der Waals surface area (Å²) in [5, 5.41) is 6.14. The van der Waals surface area contributed by atoms with E-state index in [1.807, 2.05) is 13.0 Å². The highest BCUT2D eigenvalue weighted by Crippen LogP contribution is 2.20. The first-order chi connectivity index (χ1) is 12.2. The van der Waals surface area contributed by atoms with Crippen molar-refractivity contribution in [1.29, 1.82) is 0 Å². The number of aryl methyl sites for hydroxylation is 1. The minimum atomic E-state index is -0.0825. The van der Waals surface area contributed by atoms with Gasteiger partial charge in [0, 0.05) is 52.2 Å². The maximum Gasteiger partial charge on any atom is 0.289 e. The van der Waals surface area contributed by atoms with Crippen molar-refractivity contribution < 1.29 is 18.7 Å². The molecule has 0 saturated carbocycles. The van der Waals surface area contributed by atoms with E-state index in [-0.39, 0.29) is 30.1 Å². The van der Waals surface area contributed by atoms with Crippen LogP contribution < -0.4 is 10.6 Å². The van der Waals surface area contributed by atoms with E-state index in [2.05, 4.69) is 10.6 Å². The standard InChI is InChI=1S/C18H29N3O4.ClH/c1-3-15-4-5-16(25-15)18(23)21-11-6-14(7-12-21)17(22)20-9-8-19-10-13-24-2;/h4-5,14,19H,3,6-13H2,1-2H3,(H,20,22);1H. The molecule has 1 aliphatic heterocycles. The topological polar surface area (TPSA) is 83.8 Å². The van der Waals surface area contributed by atoms with Crippen molar-refractivity contribution in [2.24, 2.45) is 5.92 Å². The van der Waals surface area contributed by atoms with Crippen LogP contribution in [0.25, 0.3) is 0 Å². The van der Waals surface area contributed by atoms with Crippen molar-refractivity contribution in [2.75, 3.05) is 46.4 Å². The monoisotopic (exact) mass is 387 g/mol. The summed E-state index contributed by atoms with van der Waals surface area (Å²) < 4.78 is 10.5. The van der Waals surface area contributed by atoms with E-state index >= 15 is 0 Å². The predicted molar refractivity (Wildman–Crippen MR) is 102 cm³/mol. The number of rotatable bonds is 9. The smallest absolute Gasteiger partial charge is 0.289 e. The number of hydrogen-bond donors (Lipinski definition) is 2. The lowest BCUT2D eigenvalue weighted by Crippen LogP contribution is -2.44. The number of piperidine rings is 1. The van der Waals surface area contributed by atoms with Crippen LogP contribution in [0.5, 0.6) is 0 Å². The largest absolute Gasteiger partial charge is 0.456 e. The number of nitrogens with zero attached hydrogens (tertiary/aromatic N) is 1. The first kappa shape index (κ1) is 22.5. The molecule has 0 aliphatic carbocycles. The van der Waals surface area contributed by atoms with E-state index in [4.69, 9.17) is 9.15 Å². The molecule has 148 valence electrons. The van der Waals surface area contributed by atoms with Gasteiger partial charge in [-0.15, -0.1) is 12.4 Å². The number of ether oxygens (including phenoxy) is 1. The lowest BCUT2D eigenvalue weighted by Gasteiger charge is -2.30. The Hall–Kier alpha value is -1.57. The molecule has 1 aliphatic rings. The minimum Gasteiger partial charge on any atom is -0.456 e. The van der Waals surface area contributed by atoms with Gasteiger partial charge in [0.1, 0.15) is 5.76 Å². The van der Waals surface area contributed by atoms with Crippen LogP contribution in [0.4, 0.5) is 0 Å². The number of hydrogen-bond acceptors (Lipinski definition) is 5. The van der Waals surface area contributed by atoms with Crippen molar-refractivity contribution in [3.05, 3.63) is 23.7 Å². The number of halogens is 1. The molecule has 1 aromatic heterocycles. The van der Waals surface area contributed by atoms with Crippen LogP contribution in [-0.2, 0) is 16.0 Å². The summed E-state index contributed by atoms with van der Waals surface area (Å²) in [7, 11) is 1.66. The van der Waals surface area contributed by atoms with Gasteiger partial charge >= 0.3 is 0 Å². The highest BCUT2D eigenvalue weighted by Gasteiger charge is 2.28. The van der Waals surface area contributed by atoms with Gasteiger partial charge in [0.15, 0.2) is 5.76 Å². The average molecular weight is 388 g/mol. The van der Waals surface area contributed by atoms with Gasteiger partial charge in [0.25, 0.3) is 5.91 Å². The second kappa shape index (κ2) is 11.9. The lowest BCUT2D eigenvalue weighted by atomic mass is 9.95. The number of carbonyl (C=O) groups excluding carboxylic acids is 2. The summed E-state index contributed by atoms with van der Waals surface area (Å²) in [5.74, 6) is 1.18. The summed E-state index contributed by atoms with van der Waals surface area (Å²) in [6.45, 7) is 5.94. The Balaban J connectivity index is 0.00000338. The van der Waals surface area contributed by atoms with Crippen LogP contribution in [0.2, 0.25) is 0 Å².